The van der Waals surface area contributed by atoms with Crippen molar-refractivity contribution in [3.05, 3.63) is 30.2 Å². The van der Waals surface area contributed by atoms with E-state index in [1.165, 1.54) is 20.0 Å². The van der Waals surface area contributed by atoms with Gasteiger partial charge in [-0.3, -0.25) is 9.59 Å². The molecule has 1 aromatic heterocycles. The molecule has 0 aliphatic rings. The Morgan fingerprint density at radius 1 is 1.13 bits per heavy atom. The van der Waals surface area contributed by atoms with Crippen LogP contribution in [0, 0.1) is 11.3 Å². The number of ether oxygens (including phenoxy) is 2. The Morgan fingerprint density at radius 2 is 1.80 bits per heavy atom. The highest BCUT2D eigenvalue weighted by Gasteiger charge is 2.09. The van der Waals surface area contributed by atoms with Gasteiger partial charge in [0.2, 0.25) is 17.6 Å². The van der Waals surface area contributed by atoms with E-state index in [1.807, 2.05) is 6.07 Å². The molecule has 12 heteroatoms. The number of anilines is 1. The summed E-state index contributed by atoms with van der Waals surface area (Å²) in [5.74, 6) is 0.758. The fraction of sp³-hybridized carbons (Fsp3) is 0.333. The number of nitrogens with zero attached hydrogens (tertiary/aromatic N) is 4. The Labute approximate surface area is 172 Å². The third-order valence-corrected chi connectivity index (χ3v) is 3.50. The van der Waals surface area contributed by atoms with Crippen LogP contribution in [-0.2, 0) is 9.59 Å². The summed E-state index contributed by atoms with van der Waals surface area (Å²) < 4.78 is 11.4. The van der Waals surface area contributed by atoms with Crippen molar-refractivity contribution in [2.75, 3.05) is 31.6 Å². The molecule has 0 atom stereocenters. The van der Waals surface area contributed by atoms with E-state index in [4.69, 9.17) is 9.47 Å². The number of nitrogens with one attached hydrogen (secondary N) is 4. The minimum absolute atomic E-state index is 0.147. The number of rotatable bonds is 11. The average molecular weight is 414 g/mol. The molecule has 158 valence electrons. The average Bonchev–Trinajstić information content (AvgIpc) is 3.24. The van der Waals surface area contributed by atoms with Crippen molar-refractivity contribution in [1.82, 2.24) is 31.3 Å². The van der Waals surface area contributed by atoms with Crippen LogP contribution in [0.2, 0.25) is 0 Å². The maximum atomic E-state index is 11.0. The van der Waals surface area contributed by atoms with Gasteiger partial charge in [-0.15, -0.1) is 10.2 Å². The number of carbonyl (C=O) groups is 2. The van der Waals surface area contributed by atoms with Gasteiger partial charge in [-0.25, -0.2) is 0 Å². The second-order valence-electron chi connectivity index (χ2n) is 5.87. The lowest BCUT2D eigenvalue weighted by Crippen LogP contribution is -2.26. The number of allylic oxidation sites excluding steroid dienone is 1. The van der Waals surface area contributed by atoms with Crippen molar-refractivity contribution in [3.8, 4) is 17.6 Å². The number of tetrazole rings is 1. The SMILES string of the molecule is CC(=O)NCCOc1ccc(NC=C(C#N)c2nn[nH]n2)cc1OCCNC(C)=O. The van der Waals surface area contributed by atoms with Crippen LogP contribution < -0.4 is 25.4 Å². The van der Waals surface area contributed by atoms with E-state index in [0.717, 1.165) is 0 Å². The van der Waals surface area contributed by atoms with Gasteiger partial charge in [0.05, 0.1) is 13.1 Å². The van der Waals surface area contributed by atoms with Gasteiger partial charge in [0.1, 0.15) is 24.9 Å². The van der Waals surface area contributed by atoms with E-state index >= 15 is 0 Å². The Balaban J connectivity index is 2.08. The van der Waals surface area contributed by atoms with E-state index in [9.17, 15) is 14.9 Å². The molecule has 0 unspecified atom stereocenters. The summed E-state index contributed by atoms with van der Waals surface area (Å²) in [7, 11) is 0. The minimum Gasteiger partial charge on any atom is -0.488 e. The molecule has 1 aromatic carbocycles. The largest absolute Gasteiger partial charge is 0.488 e. The van der Waals surface area contributed by atoms with Gasteiger partial charge in [0, 0.05) is 31.8 Å². The highest BCUT2D eigenvalue weighted by molar-refractivity contribution is 5.74. The normalized spacial score (nSPS) is 10.6. The van der Waals surface area contributed by atoms with Crippen LogP contribution >= 0.6 is 0 Å². The zero-order valence-corrected chi connectivity index (χ0v) is 16.6. The molecule has 0 bridgehead atoms. The molecule has 2 rings (SSSR count). The van der Waals surface area contributed by atoms with Gasteiger partial charge in [-0.05, 0) is 17.3 Å². The number of hydrogen-bond donors (Lipinski definition) is 4. The number of benzene rings is 1. The third kappa shape index (κ3) is 7.47. The van der Waals surface area contributed by atoms with Crippen molar-refractivity contribution in [3.63, 3.8) is 0 Å². The summed E-state index contributed by atoms with van der Waals surface area (Å²) in [6.45, 7) is 4.00. The molecular weight excluding hydrogens is 392 g/mol. The van der Waals surface area contributed by atoms with Crippen molar-refractivity contribution < 1.29 is 19.1 Å². The molecule has 0 aliphatic carbocycles. The fourth-order valence-electron chi connectivity index (χ4n) is 2.18. The lowest BCUT2D eigenvalue weighted by molar-refractivity contribution is -0.119. The highest BCUT2D eigenvalue weighted by Crippen LogP contribution is 2.30. The lowest BCUT2D eigenvalue weighted by atomic mass is 10.2. The quantitative estimate of drug-likeness (QED) is 0.297. The zero-order chi connectivity index (χ0) is 21.8. The molecule has 2 aromatic rings. The molecule has 0 saturated heterocycles. The first-order chi connectivity index (χ1) is 14.5. The Bertz CT molecular complexity index is 921. The van der Waals surface area contributed by atoms with E-state index in [-0.39, 0.29) is 36.4 Å². The van der Waals surface area contributed by atoms with Crippen LogP contribution in [0.5, 0.6) is 11.5 Å². The van der Waals surface area contributed by atoms with Crippen molar-refractivity contribution in [2.24, 2.45) is 0 Å². The fourth-order valence-corrected chi connectivity index (χ4v) is 2.18. The van der Waals surface area contributed by atoms with Crippen LogP contribution in [0.1, 0.15) is 19.7 Å². The van der Waals surface area contributed by atoms with Crippen molar-refractivity contribution in [1.29, 1.82) is 5.26 Å². The summed E-state index contributed by atoms with van der Waals surface area (Å²) in [4.78, 5) is 22.0. The highest BCUT2D eigenvalue weighted by atomic mass is 16.5. The van der Waals surface area contributed by atoms with Gasteiger partial charge >= 0.3 is 0 Å². The van der Waals surface area contributed by atoms with Crippen LogP contribution in [0.3, 0.4) is 0 Å². The van der Waals surface area contributed by atoms with Crippen LogP contribution in [0.25, 0.3) is 5.57 Å². The number of H-pyrrole nitrogens is 1. The number of carbonyl (C=O) groups excluding carboxylic acids is 2. The first-order valence-corrected chi connectivity index (χ1v) is 8.98. The zero-order valence-electron chi connectivity index (χ0n) is 16.6. The minimum atomic E-state index is -0.156. The van der Waals surface area contributed by atoms with Crippen LogP contribution in [-0.4, -0.2) is 58.7 Å². The van der Waals surface area contributed by atoms with Gasteiger partial charge < -0.3 is 25.4 Å². The molecule has 0 radical (unpaired) electrons. The van der Waals surface area contributed by atoms with Gasteiger partial charge in [-0.1, -0.05) is 0 Å². The molecule has 12 nitrogen and oxygen atoms in total. The number of nitriles is 1. The maximum Gasteiger partial charge on any atom is 0.216 e. The van der Waals surface area contributed by atoms with E-state index in [0.29, 0.717) is 30.3 Å². The number of hydrogen-bond acceptors (Lipinski definition) is 9. The molecule has 4 N–H and O–H groups in total. The van der Waals surface area contributed by atoms with Crippen LogP contribution in [0.15, 0.2) is 24.4 Å². The first kappa shape index (κ1) is 22.2. The summed E-state index contributed by atoms with van der Waals surface area (Å²) in [6.07, 6.45) is 1.44. The summed E-state index contributed by atoms with van der Waals surface area (Å²) in [6, 6.07) is 7.09. The Hall–Kier alpha value is -4.14. The third-order valence-electron chi connectivity index (χ3n) is 3.50. The standard InChI is InChI=1S/C18H22N8O4/c1-12(27)20-5-7-29-16-4-3-15(9-17(16)30-8-6-21-13(2)28)22-11-14(10-19)18-23-25-26-24-18/h3-4,9,11,22H,5-8H2,1-2H3,(H,20,27)(H,21,28)(H,23,24,25,26). The lowest BCUT2D eigenvalue weighted by Gasteiger charge is -2.14. The van der Waals surface area contributed by atoms with Crippen molar-refractivity contribution in [2.45, 2.75) is 13.8 Å². The predicted molar refractivity (Wildman–Crippen MR) is 106 cm³/mol. The maximum absolute atomic E-state index is 11.0. The van der Waals surface area contributed by atoms with E-state index in [1.54, 1.807) is 18.2 Å². The van der Waals surface area contributed by atoms with Gasteiger partial charge in [0.25, 0.3) is 0 Å². The Morgan fingerprint density at radius 3 is 2.37 bits per heavy atom. The topological polar surface area (TPSA) is 167 Å². The molecular formula is C18H22N8O4. The summed E-state index contributed by atoms with van der Waals surface area (Å²) in [5, 5.41) is 30.7. The Kier molecular flexibility index (Phi) is 8.60. The van der Waals surface area contributed by atoms with E-state index in [2.05, 4.69) is 36.6 Å². The number of amides is 2. The van der Waals surface area contributed by atoms with E-state index < -0.39 is 0 Å². The molecule has 2 amide bonds. The summed E-state index contributed by atoms with van der Waals surface area (Å²) >= 11 is 0. The van der Waals surface area contributed by atoms with Crippen molar-refractivity contribution >= 4 is 23.1 Å². The molecule has 30 heavy (non-hydrogen) atoms. The smallest absolute Gasteiger partial charge is 0.216 e. The second-order valence-corrected chi connectivity index (χ2v) is 5.87. The monoisotopic (exact) mass is 414 g/mol. The second kappa shape index (κ2) is 11.6. The molecule has 0 saturated carbocycles. The molecule has 0 fully saturated rings. The predicted octanol–water partition coefficient (Wildman–Crippen LogP) is 0.206. The van der Waals surface area contributed by atoms with Crippen LogP contribution in [0.4, 0.5) is 5.69 Å². The number of aromatic nitrogens is 4. The van der Waals surface area contributed by atoms with Gasteiger partial charge in [-0.2, -0.15) is 10.5 Å². The molecule has 0 spiro atoms. The number of aromatic amines is 1. The molecule has 1 heterocycles. The first-order valence-electron chi connectivity index (χ1n) is 8.98. The summed E-state index contributed by atoms with van der Waals surface area (Å²) in [5.41, 5.74) is 0.808. The van der Waals surface area contributed by atoms with Gasteiger partial charge in [0.15, 0.2) is 11.5 Å². The molecule has 0 aliphatic heterocycles.